The van der Waals surface area contributed by atoms with Crippen LogP contribution in [-0.2, 0) is 25.9 Å². The second kappa shape index (κ2) is 10.9. The van der Waals surface area contributed by atoms with E-state index in [0.29, 0.717) is 37.2 Å². The largest absolute Gasteiger partial charge is 0.390 e. The fraction of sp³-hybridized carbons (Fsp3) is 0.310. The first kappa shape index (κ1) is 24.7. The lowest BCUT2D eigenvalue weighted by Crippen LogP contribution is -2.42. The molecule has 0 aliphatic carbocycles. The molecule has 36 heavy (non-hydrogen) atoms. The summed E-state index contributed by atoms with van der Waals surface area (Å²) in [5, 5.41) is 13.4. The smallest absolute Gasteiger partial charge is 0.254 e. The van der Waals surface area contributed by atoms with Gasteiger partial charge < -0.3 is 15.3 Å². The highest BCUT2D eigenvalue weighted by Gasteiger charge is 2.23. The number of aliphatic hydroxyl groups excluding tert-OH is 1. The Bertz CT molecular complexity index is 1260. The Labute approximate surface area is 220 Å². The van der Waals surface area contributed by atoms with Crippen molar-refractivity contribution in [2.45, 2.75) is 32.0 Å². The molecule has 5 rings (SSSR count). The molecule has 0 aromatic heterocycles. The molecule has 2 aliphatic rings. The number of benzene rings is 3. The summed E-state index contributed by atoms with van der Waals surface area (Å²) in [5.41, 5.74) is 6.10. The van der Waals surface area contributed by atoms with Gasteiger partial charge in [0.2, 0.25) is 0 Å². The van der Waals surface area contributed by atoms with Crippen LogP contribution >= 0.6 is 15.9 Å². The molecule has 2 heterocycles. The number of amides is 2. The molecule has 2 N–H and O–H groups in total. The molecule has 0 saturated heterocycles. The van der Waals surface area contributed by atoms with Crippen molar-refractivity contribution in [3.8, 4) is 0 Å². The SMILES string of the molecule is O=C(NC[C@H](O)CN1CCc2ccccc2C1)c1ccc2c(c1)CCN(C(=O)c1ccc(Br)cc1)C2. The summed E-state index contributed by atoms with van der Waals surface area (Å²) in [4.78, 5) is 29.7. The van der Waals surface area contributed by atoms with Gasteiger partial charge >= 0.3 is 0 Å². The second-order valence-corrected chi connectivity index (χ2v) is 10.5. The summed E-state index contributed by atoms with van der Waals surface area (Å²) in [5.74, 6) is -0.171. The van der Waals surface area contributed by atoms with Gasteiger partial charge in [0.1, 0.15) is 0 Å². The van der Waals surface area contributed by atoms with Crippen LogP contribution in [0.3, 0.4) is 0 Å². The molecule has 2 aliphatic heterocycles. The Kier molecular flexibility index (Phi) is 7.51. The molecule has 2 amide bonds. The van der Waals surface area contributed by atoms with E-state index in [1.165, 1.54) is 11.1 Å². The topological polar surface area (TPSA) is 72.9 Å². The molecule has 0 unspecified atom stereocenters. The second-order valence-electron chi connectivity index (χ2n) is 9.58. The first-order valence-corrected chi connectivity index (χ1v) is 13.2. The fourth-order valence-electron chi connectivity index (χ4n) is 5.03. The number of nitrogens with one attached hydrogen (secondary N) is 1. The van der Waals surface area contributed by atoms with Gasteiger partial charge in [-0.1, -0.05) is 46.3 Å². The molecule has 3 aromatic carbocycles. The molecule has 0 spiro atoms. The number of rotatable bonds is 6. The van der Waals surface area contributed by atoms with E-state index in [9.17, 15) is 14.7 Å². The maximum atomic E-state index is 12.9. The lowest BCUT2D eigenvalue weighted by atomic mass is 9.96. The molecule has 0 saturated carbocycles. The van der Waals surface area contributed by atoms with Crippen molar-refractivity contribution in [2.75, 3.05) is 26.2 Å². The maximum absolute atomic E-state index is 12.9. The summed E-state index contributed by atoms with van der Waals surface area (Å²) in [7, 11) is 0. The van der Waals surface area contributed by atoms with E-state index >= 15 is 0 Å². The summed E-state index contributed by atoms with van der Waals surface area (Å²) in [6.45, 7) is 3.63. The van der Waals surface area contributed by atoms with Crippen LogP contribution in [0.25, 0.3) is 0 Å². The first-order valence-electron chi connectivity index (χ1n) is 12.4. The van der Waals surface area contributed by atoms with Gasteiger partial charge in [-0.15, -0.1) is 0 Å². The fourth-order valence-corrected chi connectivity index (χ4v) is 5.29. The minimum absolute atomic E-state index is 0.0150. The molecular weight excluding hydrogens is 518 g/mol. The van der Waals surface area contributed by atoms with Crippen molar-refractivity contribution in [3.05, 3.63) is 105 Å². The van der Waals surface area contributed by atoms with E-state index in [1.807, 2.05) is 41.3 Å². The highest BCUT2D eigenvalue weighted by atomic mass is 79.9. The molecule has 0 fully saturated rings. The molecule has 3 aromatic rings. The van der Waals surface area contributed by atoms with Gasteiger partial charge in [-0.3, -0.25) is 14.5 Å². The predicted octanol–water partition coefficient (Wildman–Crippen LogP) is 3.80. The monoisotopic (exact) mass is 547 g/mol. The van der Waals surface area contributed by atoms with Gasteiger partial charge in [-0.2, -0.15) is 0 Å². The quantitative estimate of drug-likeness (QED) is 0.492. The number of carbonyl (C=O) groups excluding carboxylic acids is 2. The lowest BCUT2D eigenvalue weighted by molar-refractivity contribution is 0.0734. The van der Waals surface area contributed by atoms with Gasteiger partial charge in [-0.05, 0) is 71.5 Å². The Morgan fingerprint density at radius 3 is 2.36 bits per heavy atom. The number of aliphatic hydroxyl groups is 1. The Hall–Kier alpha value is -3.00. The van der Waals surface area contributed by atoms with E-state index in [-0.39, 0.29) is 18.4 Å². The van der Waals surface area contributed by atoms with E-state index in [1.54, 1.807) is 6.07 Å². The molecule has 6 nitrogen and oxygen atoms in total. The van der Waals surface area contributed by atoms with Gasteiger partial charge in [0.15, 0.2) is 0 Å². The molecule has 186 valence electrons. The van der Waals surface area contributed by atoms with Crippen LogP contribution in [0.15, 0.2) is 71.2 Å². The van der Waals surface area contributed by atoms with Crippen molar-refractivity contribution >= 4 is 27.7 Å². The summed E-state index contributed by atoms with van der Waals surface area (Å²) in [6, 6.07) is 21.5. The van der Waals surface area contributed by atoms with Crippen LogP contribution in [0.1, 0.15) is 43.0 Å². The minimum atomic E-state index is -0.630. The molecule has 0 bridgehead atoms. The number of hydrogen-bond donors (Lipinski definition) is 2. The van der Waals surface area contributed by atoms with E-state index in [4.69, 9.17) is 0 Å². The molecule has 0 radical (unpaired) electrons. The van der Waals surface area contributed by atoms with Gasteiger partial charge in [0, 0.05) is 54.9 Å². The zero-order valence-electron chi connectivity index (χ0n) is 20.1. The van der Waals surface area contributed by atoms with Gasteiger partial charge in [0.25, 0.3) is 11.8 Å². The van der Waals surface area contributed by atoms with Crippen molar-refractivity contribution in [1.29, 1.82) is 0 Å². The van der Waals surface area contributed by atoms with E-state index in [2.05, 4.69) is 50.4 Å². The average molecular weight is 548 g/mol. The minimum Gasteiger partial charge on any atom is -0.390 e. The highest BCUT2D eigenvalue weighted by molar-refractivity contribution is 9.10. The number of β-amino-alcohol motifs (C(OH)–C–C–N with tert-alkyl or cyclic N) is 1. The summed E-state index contributed by atoms with van der Waals surface area (Å²) in [6.07, 6.45) is 1.06. The Morgan fingerprint density at radius 2 is 1.56 bits per heavy atom. The van der Waals surface area contributed by atoms with Crippen LogP contribution in [0.2, 0.25) is 0 Å². The van der Waals surface area contributed by atoms with Crippen molar-refractivity contribution in [3.63, 3.8) is 0 Å². The number of fused-ring (bicyclic) bond motifs is 2. The average Bonchev–Trinajstić information content (AvgIpc) is 2.91. The zero-order chi connectivity index (χ0) is 25.1. The third kappa shape index (κ3) is 5.69. The van der Waals surface area contributed by atoms with Crippen LogP contribution in [-0.4, -0.2) is 59.0 Å². The third-order valence-electron chi connectivity index (χ3n) is 7.04. The van der Waals surface area contributed by atoms with E-state index < -0.39 is 6.10 Å². The van der Waals surface area contributed by atoms with Crippen LogP contribution < -0.4 is 5.32 Å². The number of hydrogen-bond acceptors (Lipinski definition) is 4. The molecule has 7 heteroatoms. The number of carbonyl (C=O) groups is 2. The summed E-state index contributed by atoms with van der Waals surface area (Å²) >= 11 is 3.40. The highest BCUT2D eigenvalue weighted by Crippen LogP contribution is 2.23. The summed E-state index contributed by atoms with van der Waals surface area (Å²) < 4.78 is 0.943. The number of nitrogens with zero attached hydrogens (tertiary/aromatic N) is 2. The van der Waals surface area contributed by atoms with E-state index in [0.717, 1.165) is 35.1 Å². The Balaban J connectivity index is 1.13. The lowest BCUT2D eigenvalue weighted by Gasteiger charge is -2.30. The number of halogens is 1. The predicted molar refractivity (Wildman–Crippen MR) is 143 cm³/mol. The van der Waals surface area contributed by atoms with Crippen LogP contribution in [0.5, 0.6) is 0 Å². The normalized spacial score (nSPS) is 16.1. The van der Waals surface area contributed by atoms with Crippen LogP contribution in [0, 0.1) is 0 Å². The van der Waals surface area contributed by atoms with Gasteiger partial charge in [-0.25, -0.2) is 0 Å². The third-order valence-corrected chi connectivity index (χ3v) is 7.56. The molecule has 1 atom stereocenters. The standard InChI is InChI=1S/C29H30BrN3O3/c30-26-9-7-21(8-10-26)29(36)33-14-12-22-15-23(5-6-25(22)18-33)28(35)31-16-27(34)19-32-13-11-20-3-1-2-4-24(20)17-32/h1-10,15,27,34H,11-14,16-19H2,(H,31,35)/t27-/m0/s1. The van der Waals surface area contributed by atoms with Crippen molar-refractivity contribution in [2.24, 2.45) is 0 Å². The van der Waals surface area contributed by atoms with Crippen LogP contribution in [0.4, 0.5) is 0 Å². The Morgan fingerprint density at radius 1 is 0.861 bits per heavy atom. The zero-order valence-corrected chi connectivity index (χ0v) is 21.7. The molecular formula is C29H30BrN3O3. The first-order chi connectivity index (χ1) is 17.5. The van der Waals surface area contributed by atoms with Crippen molar-refractivity contribution in [1.82, 2.24) is 15.1 Å². The maximum Gasteiger partial charge on any atom is 0.254 e. The van der Waals surface area contributed by atoms with Gasteiger partial charge in [0.05, 0.1) is 6.10 Å². The van der Waals surface area contributed by atoms with Crippen molar-refractivity contribution < 1.29 is 14.7 Å².